The molecule has 20 heavy (non-hydrogen) atoms. The second-order valence-electron chi connectivity index (χ2n) is 4.42. The van der Waals surface area contributed by atoms with E-state index in [1.807, 2.05) is 36.4 Å². The highest BCUT2D eigenvalue weighted by atomic mass is 35.5. The van der Waals surface area contributed by atoms with E-state index in [1.165, 1.54) is 0 Å². The lowest BCUT2D eigenvalue weighted by molar-refractivity contribution is -0.142. The summed E-state index contributed by atoms with van der Waals surface area (Å²) in [6.45, 7) is 2.20. The number of carbonyl (C=O) groups excluding carboxylic acids is 1. The average Bonchev–Trinajstić information content (AvgIpc) is 2.43. The first kappa shape index (κ1) is 14.4. The summed E-state index contributed by atoms with van der Waals surface area (Å²) in [7, 11) is 0. The number of nitrogens with two attached hydrogens (primary N) is 1. The Balaban J connectivity index is 2.15. The van der Waals surface area contributed by atoms with Crippen LogP contribution in [-0.4, -0.2) is 12.6 Å². The Hall–Kier alpha value is -2.00. The number of rotatable bonds is 4. The molecule has 2 aromatic carbocycles. The molecule has 2 rings (SSSR count). The molecule has 0 saturated carbocycles. The Morgan fingerprint density at radius 3 is 2.40 bits per heavy atom. The third-order valence-electron chi connectivity index (χ3n) is 2.94. The van der Waals surface area contributed by atoms with Gasteiger partial charge in [-0.2, -0.15) is 0 Å². The van der Waals surface area contributed by atoms with E-state index in [4.69, 9.17) is 22.1 Å². The molecule has 3 nitrogen and oxygen atoms in total. The van der Waals surface area contributed by atoms with Crippen LogP contribution in [0.15, 0.2) is 42.5 Å². The number of nitrogen functional groups attached to an aromatic ring is 1. The normalized spacial score (nSPS) is 10.3. The van der Waals surface area contributed by atoms with E-state index in [-0.39, 0.29) is 12.4 Å². The van der Waals surface area contributed by atoms with Gasteiger partial charge in [-0.1, -0.05) is 41.9 Å². The quantitative estimate of drug-likeness (QED) is 0.690. The lowest BCUT2D eigenvalue weighted by Gasteiger charge is -2.06. The molecule has 0 heterocycles. The summed E-state index contributed by atoms with van der Waals surface area (Å²) in [6.07, 6.45) is 0.288. The van der Waals surface area contributed by atoms with Crippen molar-refractivity contribution in [1.82, 2.24) is 0 Å². The maximum Gasteiger partial charge on any atom is 0.310 e. The Labute approximate surface area is 123 Å². The van der Waals surface area contributed by atoms with Crippen LogP contribution < -0.4 is 5.73 Å². The molecule has 0 aliphatic carbocycles. The fraction of sp³-hybridized carbons (Fsp3) is 0.188. The molecule has 2 N–H and O–H groups in total. The molecular formula is C16H16ClNO2. The summed E-state index contributed by atoms with van der Waals surface area (Å²) in [6, 6.07) is 13.3. The highest BCUT2D eigenvalue weighted by Gasteiger charge is 2.05. The van der Waals surface area contributed by atoms with Crippen LogP contribution in [0.4, 0.5) is 5.69 Å². The van der Waals surface area contributed by atoms with Crippen LogP contribution in [0.1, 0.15) is 12.5 Å². The lowest BCUT2D eigenvalue weighted by atomic mass is 10.0. The summed E-state index contributed by atoms with van der Waals surface area (Å²) >= 11 is 6.01. The van der Waals surface area contributed by atoms with Gasteiger partial charge in [-0.3, -0.25) is 4.79 Å². The number of ether oxygens (including phenoxy) is 1. The second kappa shape index (κ2) is 6.44. The first-order chi connectivity index (χ1) is 9.60. The average molecular weight is 290 g/mol. The smallest absolute Gasteiger partial charge is 0.310 e. The molecule has 0 aliphatic heterocycles. The number of esters is 1. The molecule has 2 aromatic rings. The number of benzene rings is 2. The Morgan fingerprint density at radius 1 is 1.15 bits per heavy atom. The van der Waals surface area contributed by atoms with Gasteiger partial charge in [0.1, 0.15) is 0 Å². The fourth-order valence-electron chi connectivity index (χ4n) is 1.90. The monoisotopic (exact) mass is 289 g/mol. The first-order valence-corrected chi connectivity index (χ1v) is 6.78. The zero-order valence-electron chi connectivity index (χ0n) is 11.2. The van der Waals surface area contributed by atoms with E-state index >= 15 is 0 Å². The van der Waals surface area contributed by atoms with Gasteiger partial charge in [-0.25, -0.2) is 0 Å². The predicted molar refractivity (Wildman–Crippen MR) is 81.6 cm³/mol. The molecule has 0 radical (unpaired) electrons. The summed E-state index contributed by atoms with van der Waals surface area (Å²) in [4.78, 5) is 11.4. The minimum atomic E-state index is -0.212. The van der Waals surface area contributed by atoms with Gasteiger partial charge >= 0.3 is 5.97 Å². The second-order valence-corrected chi connectivity index (χ2v) is 4.82. The Kier molecular flexibility index (Phi) is 4.64. The molecule has 0 spiro atoms. The Bertz CT molecular complexity index is 608. The molecule has 0 atom stereocenters. The number of hydrogen-bond acceptors (Lipinski definition) is 3. The van der Waals surface area contributed by atoms with Crippen LogP contribution in [-0.2, 0) is 16.0 Å². The topological polar surface area (TPSA) is 52.3 Å². The summed E-state index contributed by atoms with van der Waals surface area (Å²) in [5, 5.41) is 0.540. The fourth-order valence-corrected chi connectivity index (χ4v) is 2.08. The van der Waals surface area contributed by atoms with Gasteiger partial charge in [-0.15, -0.1) is 0 Å². The zero-order chi connectivity index (χ0) is 14.5. The van der Waals surface area contributed by atoms with E-state index in [0.29, 0.717) is 17.3 Å². The van der Waals surface area contributed by atoms with Gasteiger partial charge in [0.25, 0.3) is 0 Å². The maximum absolute atomic E-state index is 11.4. The number of halogens is 1. The first-order valence-electron chi connectivity index (χ1n) is 6.40. The van der Waals surface area contributed by atoms with Gasteiger partial charge in [-0.05, 0) is 35.7 Å². The van der Waals surface area contributed by atoms with Gasteiger partial charge < -0.3 is 10.5 Å². The van der Waals surface area contributed by atoms with Crippen LogP contribution in [0.3, 0.4) is 0 Å². The molecule has 0 aliphatic rings. The van der Waals surface area contributed by atoms with Crippen molar-refractivity contribution in [2.75, 3.05) is 12.3 Å². The minimum Gasteiger partial charge on any atom is -0.466 e. The molecular weight excluding hydrogens is 274 g/mol. The molecule has 0 amide bonds. The van der Waals surface area contributed by atoms with Crippen LogP contribution in [0.2, 0.25) is 5.02 Å². The molecule has 0 unspecified atom stereocenters. The van der Waals surface area contributed by atoms with Gasteiger partial charge in [0.15, 0.2) is 0 Å². The zero-order valence-corrected chi connectivity index (χ0v) is 12.0. The number of carbonyl (C=O) groups is 1. The predicted octanol–water partition coefficient (Wildman–Crippen LogP) is 3.69. The standard InChI is InChI=1S/C16H16ClNO2/c1-2-20-16(19)9-11-3-5-12(6-4-11)13-7-8-15(18)14(17)10-13/h3-8,10H,2,9,18H2,1H3. The molecule has 0 aromatic heterocycles. The Morgan fingerprint density at radius 2 is 1.80 bits per heavy atom. The molecule has 0 saturated heterocycles. The number of hydrogen-bond donors (Lipinski definition) is 1. The van der Waals surface area contributed by atoms with Crippen molar-refractivity contribution >= 4 is 23.3 Å². The van der Waals surface area contributed by atoms with E-state index in [9.17, 15) is 4.79 Å². The highest BCUT2D eigenvalue weighted by molar-refractivity contribution is 6.33. The molecule has 0 bridgehead atoms. The molecule has 4 heteroatoms. The number of anilines is 1. The largest absolute Gasteiger partial charge is 0.466 e. The van der Waals surface area contributed by atoms with Crippen molar-refractivity contribution in [2.24, 2.45) is 0 Å². The third kappa shape index (κ3) is 3.52. The van der Waals surface area contributed by atoms with Crippen LogP contribution in [0, 0.1) is 0 Å². The molecule has 104 valence electrons. The van der Waals surface area contributed by atoms with Crippen molar-refractivity contribution in [3.63, 3.8) is 0 Å². The van der Waals surface area contributed by atoms with E-state index in [2.05, 4.69) is 0 Å². The van der Waals surface area contributed by atoms with Gasteiger partial charge in [0.05, 0.1) is 23.7 Å². The van der Waals surface area contributed by atoms with Crippen LogP contribution >= 0.6 is 11.6 Å². The maximum atomic E-state index is 11.4. The highest BCUT2D eigenvalue weighted by Crippen LogP contribution is 2.27. The SMILES string of the molecule is CCOC(=O)Cc1ccc(-c2ccc(N)c(Cl)c2)cc1. The van der Waals surface area contributed by atoms with Crippen molar-refractivity contribution in [3.05, 3.63) is 53.1 Å². The summed E-state index contributed by atoms with van der Waals surface area (Å²) in [5.74, 6) is -0.212. The summed E-state index contributed by atoms with van der Waals surface area (Å²) < 4.78 is 4.92. The van der Waals surface area contributed by atoms with Crippen LogP contribution in [0.5, 0.6) is 0 Å². The van der Waals surface area contributed by atoms with E-state index < -0.39 is 0 Å². The van der Waals surface area contributed by atoms with Crippen molar-refractivity contribution in [2.45, 2.75) is 13.3 Å². The van der Waals surface area contributed by atoms with Crippen molar-refractivity contribution in [3.8, 4) is 11.1 Å². The van der Waals surface area contributed by atoms with Gasteiger partial charge in [0, 0.05) is 0 Å². The summed E-state index contributed by atoms with van der Waals surface area (Å²) in [5.41, 5.74) is 9.20. The third-order valence-corrected chi connectivity index (χ3v) is 3.27. The van der Waals surface area contributed by atoms with Crippen molar-refractivity contribution in [1.29, 1.82) is 0 Å². The van der Waals surface area contributed by atoms with Crippen LogP contribution in [0.25, 0.3) is 11.1 Å². The molecule has 0 fully saturated rings. The minimum absolute atomic E-state index is 0.212. The van der Waals surface area contributed by atoms with Gasteiger partial charge in [0.2, 0.25) is 0 Å². The van der Waals surface area contributed by atoms with E-state index in [0.717, 1.165) is 16.7 Å². The van der Waals surface area contributed by atoms with Crippen molar-refractivity contribution < 1.29 is 9.53 Å². The van der Waals surface area contributed by atoms with E-state index in [1.54, 1.807) is 13.0 Å². The lowest BCUT2D eigenvalue weighted by Crippen LogP contribution is -2.07.